The van der Waals surface area contributed by atoms with Crippen LogP contribution < -0.4 is 0 Å². The highest BCUT2D eigenvalue weighted by molar-refractivity contribution is 6.13. The number of hydrogen-bond acceptors (Lipinski definition) is 2. The van der Waals surface area contributed by atoms with Crippen molar-refractivity contribution in [2.45, 2.75) is 57.8 Å². The standard InChI is InChI=1S/C107H75N5/c1-105(2)90-34-13-7-28-77(90)80-47-40-66(58-93(80)105)69-43-50-86-83-31-10-16-37-97(83)110(100(86)61-69)74-25-19-22-64(54-74)65-46-53-96-89(57-65)103(72-23-20-26-75(55-72)111-98-38-17-11-32-84(98)87-51-44-70(62-101(87)111)67-41-48-81-78-29-8-14-35-91(78)106(3,4)94(81)59-67)109-104(108-96)73-24-21-27-76(56-73)112-99-39-18-12-33-85(99)88-52-45-71(63-102(88)112)68-42-49-82-79-30-9-15-36-92(79)107(5,6)95(82)60-68/h7-63H,1-6H3. The molecule has 0 fully saturated rings. The maximum Gasteiger partial charge on any atom is 0.160 e. The lowest BCUT2D eigenvalue weighted by Crippen LogP contribution is -2.14. The van der Waals surface area contributed by atoms with Gasteiger partial charge in [-0.1, -0.05) is 284 Å². The Balaban J connectivity index is 0.677. The summed E-state index contributed by atoms with van der Waals surface area (Å²) in [7, 11) is 0. The zero-order valence-electron chi connectivity index (χ0n) is 63.1. The van der Waals surface area contributed by atoms with E-state index in [-0.39, 0.29) is 16.2 Å². The molecule has 16 aromatic carbocycles. The van der Waals surface area contributed by atoms with Crippen LogP contribution in [-0.4, -0.2) is 23.7 Å². The van der Waals surface area contributed by atoms with Gasteiger partial charge in [-0.2, -0.15) is 0 Å². The van der Waals surface area contributed by atoms with Gasteiger partial charge >= 0.3 is 0 Å². The monoisotopic (exact) mass is 1430 g/mol. The van der Waals surface area contributed by atoms with Crippen molar-refractivity contribution in [3.05, 3.63) is 379 Å². The third-order valence-electron chi connectivity index (χ3n) is 25.6. The predicted octanol–water partition coefficient (Wildman–Crippen LogP) is 27.8. The van der Waals surface area contributed by atoms with Crippen molar-refractivity contribution in [1.82, 2.24) is 23.7 Å². The Morgan fingerprint density at radius 2 is 0.500 bits per heavy atom. The van der Waals surface area contributed by atoms with Gasteiger partial charge in [-0.3, -0.25) is 0 Å². The van der Waals surface area contributed by atoms with E-state index in [9.17, 15) is 0 Å². The van der Waals surface area contributed by atoms with E-state index in [0.717, 1.165) is 89.0 Å². The van der Waals surface area contributed by atoms with Gasteiger partial charge in [0.15, 0.2) is 5.82 Å². The van der Waals surface area contributed by atoms with Crippen LogP contribution in [0.4, 0.5) is 0 Å². The summed E-state index contributed by atoms with van der Waals surface area (Å²) in [5.41, 5.74) is 38.9. The van der Waals surface area contributed by atoms with E-state index in [1.807, 2.05) is 0 Å². The molecule has 3 aliphatic carbocycles. The van der Waals surface area contributed by atoms with Gasteiger partial charge in [0.25, 0.3) is 0 Å². The van der Waals surface area contributed by atoms with Gasteiger partial charge < -0.3 is 13.7 Å². The smallest absolute Gasteiger partial charge is 0.160 e. The Bertz CT molecular complexity index is 7490. The topological polar surface area (TPSA) is 40.6 Å². The number of nitrogens with zero attached hydrogens (tertiary/aromatic N) is 5. The Morgan fingerprint density at radius 1 is 0.196 bits per heavy atom. The maximum atomic E-state index is 5.85. The predicted molar refractivity (Wildman–Crippen MR) is 468 cm³/mol. The molecule has 0 amide bonds. The molecule has 23 rings (SSSR count). The summed E-state index contributed by atoms with van der Waals surface area (Å²) in [6.45, 7) is 14.2. The molecule has 0 N–H and O–H groups in total. The molecule has 0 unspecified atom stereocenters. The number of para-hydroxylation sites is 3. The minimum absolute atomic E-state index is 0.108. The maximum absolute atomic E-state index is 5.85. The summed E-state index contributed by atoms with van der Waals surface area (Å²) in [5, 5.41) is 8.21. The molecule has 4 heterocycles. The number of rotatable bonds is 9. The van der Waals surface area contributed by atoms with E-state index in [2.05, 4.69) is 401 Å². The fourth-order valence-corrected chi connectivity index (χ4v) is 20.0. The molecule has 0 saturated carbocycles. The number of fused-ring (bicyclic) bond motifs is 19. The van der Waals surface area contributed by atoms with Crippen LogP contribution >= 0.6 is 0 Å². The first-order valence-corrected chi connectivity index (χ1v) is 39.3. The number of aromatic nitrogens is 5. The molecule has 5 heteroatoms. The van der Waals surface area contributed by atoms with Gasteiger partial charge in [-0.25, -0.2) is 9.97 Å². The van der Waals surface area contributed by atoms with Crippen LogP contribution in [0, 0.1) is 0 Å². The summed E-state index contributed by atoms with van der Waals surface area (Å²) in [6.07, 6.45) is 0. The lowest BCUT2D eigenvalue weighted by Gasteiger charge is -2.22. The molecule has 528 valence electrons. The van der Waals surface area contributed by atoms with Crippen LogP contribution in [0.1, 0.15) is 74.9 Å². The molecule has 0 aliphatic heterocycles. The van der Waals surface area contributed by atoms with Gasteiger partial charge in [0.05, 0.1) is 44.3 Å². The van der Waals surface area contributed by atoms with E-state index in [1.54, 1.807) is 0 Å². The molecule has 0 spiro atoms. The molecule has 0 bridgehead atoms. The highest BCUT2D eigenvalue weighted by Gasteiger charge is 2.38. The summed E-state index contributed by atoms with van der Waals surface area (Å²) in [6, 6.07) is 129. The fourth-order valence-electron chi connectivity index (χ4n) is 20.0. The third-order valence-corrected chi connectivity index (χ3v) is 25.6. The van der Waals surface area contributed by atoms with Crippen LogP contribution in [-0.2, 0) is 16.2 Å². The second-order valence-electron chi connectivity index (χ2n) is 32.8. The van der Waals surface area contributed by atoms with Crippen LogP contribution in [0.3, 0.4) is 0 Å². The van der Waals surface area contributed by atoms with Crippen molar-refractivity contribution >= 4 is 76.3 Å². The van der Waals surface area contributed by atoms with Crippen LogP contribution in [0.5, 0.6) is 0 Å². The van der Waals surface area contributed by atoms with Gasteiger partial charge in [-0.05, 0) is 214 Å². The zero-order valence-corrected chi connectivity index (χ0v) is 63.1. The van der Waals surface area contributed by atoms with Crippen LogP contribution in [0.15, 0.2) is 346 Å². The van der Waals surface area contributed by atoms with Gasteiger partial charge in [-0.15, -0.1) is 0 Å². The summed E-state index contributed by atoms with van der Waals surface area (Å²) < 4.78 is 7.35. The minimum atomic E-state index is -0.123. The number of hydrogen-bond donors (Lipinski definition) is 0. The lowest BCUT2D eigenvalue weighted by atomic mass is 9.81. The van der Waals surface area contributed by atoms with Crippen molar-refractivity contribution in [1.29, 1.82) is 0 Å². The highest BCUT2D eigenvalue weighted by atomic mass is 15.0. The first kappa shape index (κ1) is 64.3. The molecule has 4 aromatic heterocycles. The van der Waals surface area contributed by atoms with Crippen molar-refractivity contribution in [2.75, 3.05) is 0 Å². The van der Waals surface area contributed by atoms with Gasteiger partial charge in [0.2, 0.25) is 0 Å². The van der Waals surface area contributed by atoms with Crippen molar-refractivity contribution < 1.29 is 0 Å². The molecule has 0 saturated heterocycles. The first-order valence-electron chi connectivity index (χ1n) is 39.3. The zero-order chi connectivity index (χ0) is 74.6. The molecule has 0 radical (unpaired) electrons. The van der Waals surface area contributed by atoms with Gasteiger partial charge in [0.1, 0.15) is 0 Å². The Morgan fingerprint density at radius 3 is 0.929 bits per heavy atom. The molecule has 5 nitrogen and oxygen atoms in total. The number of benzene rings is 16. The second-order valence-corrected chi connectivity index (χ2v) is 32.8. The molecular weight excluding hydrogens is 1360 g/mol. The van der Waals surface area contributed by atoms with E-state index < -0.39 is 0 Å². The Labute approximate surface area is 650 Å². The molecule has 20 aromatic rings. The van der Waals surface area contributed by atoms with E-state index in [4.69, 9.17) is 9.97 Å². The van der Waals surface area contributed by atoms with E-state index >= 15 is 0 Å². The second kappa shape index (κ2) is 23.6. The fraction of sp³-hybridized carbons (Fsp3) is 0.0841. The largest absolute Gasteiger partial charge is 0.309 e. The minimum Gasteiger partial charge on any atom is -0.309 e. The van der Waals surface area contributed by atoms with Crippen molar-refractivity contribution in [3.63, 3.8) is 0 Å². The summed E-state index contributed by atoms with van der Waals surface area (Å²) in [5.74, 6) is 0.647. The SMILES string of the molecule is CC1(C)c2ccccc2-c2ccc(-c3ccc4c5ccccc5n(-c5cccc(-c6ccc7nc(-c8cccc(-n9c%10ccccc%10c%10ccc(-c%11ccc%12c(c%11)C(C)(C)c%11ccccc%11-%12)cc%109)c8)nc(-c8cccc(-n9c%10ccccc%10c%10ccc(-c%11ccc%12c(c%11)C(C)(C)c%11ccccc%11-%12)cc%109)c8)c7c6)c5)c4c3)cc21. The average Bonchev–Trinajstić information content (AvgIpc) is 1.57. The normalized spacial score (nSPS) is 14.0. The first-order chi connectivity index (χ1) is 54.8. The molecule has 3 aliphatic rings. The molecule has 0 atom stereocenters. The van der Waals surface area contributed by atoms with E-state index in [1.165, 1.54) is 132 Å². The highest BCUT2D eigenvalue weighted by Crippen LogP contribution is 2.54. The summed E-state index contributed by atoms with van der Waals surface area (Å²) in [4.78, 5) is 11.5. The quantitative estimate of drug-likeness (QED) is 0.144. The van der Waals surface area contributed by atoms with Gasteiger partial charge in [0, 0.05) is 82.1 Å². The Kier molecular flexibility index (Phi) is 13.6. The van der Waals surface area contributed by atoms with Crippen LogP contribution in [0.25, 0.3) is 194 Å². The van der Waals surface area contributed by atoms with Crippen LogP contribution in [0.2, 0.25) is 0 Å². The average molecular weight is 1430 g/mol. The van der Waals surface area contributed by atoms with Crippen molar-refractivity contribution in [3.8, 4) is 118 Å². The van der Waals surface area contributed by atoms with E-state index in [0.29, 0.717) is 5.82 Å². The molecule has 112 heavy (non-hydrogen) atoms. The van der Waals surface area contributed by atoms with Crippen molar-refractivity contribution in [2.24, 2.45) is 0 Å². The Hall–Kier alpha value is -13.7. The molecular formula is C107H75N5. The lowest BCUT2D eigenvalue weighted by molar-refractivity contribution is 0.660. The summed E-state index contributed by atoms with van der Waals surface area (Å²) >= 11 is 0. The third kappa shape index (κ3) is 9.37.